The van der Waals surface area contributed by atoms with Crippen molar-refractivity contribution in [3.63, 3.8) is 0 Å². The fourth-order valence-electron chi connectivity index (χ4n) is 2.13. The summed E-state index contributed by atoms with van der Waals surface area (Å²) < 4.78 is 28.6. The summed E-state index contributed by atoms with van der Waals surface area (Å²) in [6.45, 7) is 0. The number of nitrogens with zero attached hydrogens (tertiary/aromatic N) is 3. The smallest absolute Gasteiger partial charge is 0.164 e. The van der Waals surface area contributed by atoms with E-state index in [9.17, 15) is 8.78 Å². The van der Waals surface area contributed by atoms with Crippen LogP contribution < -0.4 is 0 Å². The fraction of sp³-hybridized carbons (Fsp3) is 0.143. The number of hydrogen-bond donors (Lipinski definition) is 0. The van der Waals surface area contributed by atoms with Gasteiger partial charge in [-0.3, -0.25) is 4.57 Å². The molecule has 0 saturated carbocycles. The summed E-state index contributed by atoms with van der Waals surface area (Å²) >= 11 is 5.76. The van der Waals surface area contributed by atoms with E-state index in [1.165, 1.54) is 12.1 Å². The Balaban J connectivity index is 2.30. The highest BCUT2D eigenvalue weighted by Crippen LogP contribution is 2.23. The Labute approximate surface area is 118 Å². The standard InChI is InChI=1S/C14H10ClF2N3/c15-6-5-13-19-11-2-1-7-18-14(11)20(13)12-4-3-9(16)8-10(12)17/h1-4,7-8H,5-6H2. The van der Waals surface area contributed by atoms with Gasteiger partial charge in [0.1, 0.15) is 23.0 Å². The second kappa shape index (κ2) is 5.17. The molecular weight excluding hydrogens is 284 g/mol. The number of aryl methyl sites for hydroxylation is 1. The zero-order chi connectivity index (χ0) is 14.1. The molecule has 0 amide bonds. The zero-order valence-electron chi connectivity index (χ0n) is 10.4. The SMILES string of the molecule is Fc1ccc(-n2c(CCCl)nc3cccnc32)c(F)c1. The van der Waals surface area contributed by atoms with Crippen molar-refractivity contribution in [3.05, 3.63) is 54.0 Å². The molecule has 0 saturated heterocycles. The molecule has 2 aromatic heterocycles. The van der Waals surface area contributed by atoms with Gasteiger partial charge in [0.05, 0.1) is 5.69 Å². The molecule has 3 nitrogen and oxygen atoms in total. The number of alkyl halides is 1. The van der Waals surface area contributed by atoms with E-state index in [2.05, 4.69) is 9.97 Å². The van der Waals surface area contributed by atoms with E-state index in [1.807, 2.05) is 0 Å². The van der Waals surface area contributed by atoms with Gasteiger partial charge in [-0.15, -0.1) is 11.6 Å². The first kappa shape index (κ1) is 13.0. The minimum absolute atomic E-state index is 0.215. The third-order valence-electron chi connectivity index (χ3n) is 2.95. The first-order valence-electron chi connectivity index (χ1n) is 6.04. The summed E-state index contributed by atoms with van der Waals surface area (Å²) in [5.74, 6) is -0.334. The summed E-state index contributed by atoms with van der Waals surface area (Å²) in [5.41, 5.74) is 1.39. The number of fused-ring (bicyclic) bond motifs is 1. The van der Waals surface area contributed by atoms with Crippen LogP contribution in [0.2, 0.25) is 0 Å². The lowest BCUT2D eigenvalue weighted by Crippen LogP contribution is -2.05. The van der Waals surface area contributed by atoms with Crippen LogP contribution in [0.4, 0.5) is 8.78 Å². The summed E-state index contributed by atoms with van der Waals surface area (Å²) in [7, 11) is 0. The van der Waals surface area contributed by atoms with Crippen molar-refractivity contribution in [2.75, 3.05) is 5.88 Å². The first-order valence-corrected chi connectivity index (χ1v) is 6.58. The Morgan fingerprint density at radius 2 is 2.05 bits per heavy atom. The van der Waals surface area contributed by atoms with Crippen LogP contribution in [-0.2, 0) is 6.42 Å². The average Bonchev–Trinajstić information content (AvgIpc) is 2.78. The Morgan fingerprint density at radius 1 is 1.20 bits per heavy atom. The van der Waals surface area contributed by atoms with Crippen LogP contribution >= 0.6 is 11.6 Å². The lowest BCUT2D eigenvalue weighted by Gasteiger charge is -2.09. The maximum Gasteiger partial charge on any atom is 0.164 e. The Kier molecular flexibility index (Phi) is 3.36. The highest BCUT2D eigenvalue weighted by molar-refractivity contribution is 6.17. The van der Waals surface area contributed by atoms with Gasteiger partial charge in [-0.25, -0.2) is 18.7 Å². The number of aromatic nitrogens is 3. The fourth-order valence-corrected chi connectivity index (χ4v) is 2.30. The molecule has 0 bridgehead atoms. The highest BCUT2D eigenvalue weighted by atomic mass is 35.5. The Morgan fingerprint density at radius 3 is 2.80 bits per heavy atom. The molecule has 0 atom stereocenters. The van der Waals surface area contributed by atoms with Crippen molar-refractivity contribution in [2.45, 2.75) is 6.42 Å². The minimum Gasteiger partial charge on any atom is -0.278 e. The average molecular weight is 294 g/mol. The molecule has 3 rings (SSSR count). The van der Waals surface area contributed by atoms with Crippen LogP contribution in [0.25, 0.3) is 16.9 Å². The number of imidazole rings is 1. The largest absolute Gasteiger partial charge is 0.278 e. The van der Waals surface area contributed by atoms with Crippen molar-refractivity contribution < 1.29 is 8.78 Å². The van der Waals surface area contributed by atoms with Gasteiger partial charge >= 0.3 is 0 Å². The van der Waals surface area contributed by atoms with Gasteiger partial charge in [0.2, 0.25) is 0 Å². The number of halogens is 3. The van der Waals surface area contributed by atoms with Crippen molar-refractivity contribution in [1.29, 1.82) is 0 Å². The van der Waals surface area contributed by atoms with Gasteiger partial charge in [-0.05, 0) is 24.3 Å². The van der Waals surface area contributed by atoms with E-state index >= 15 is 0 Å². The number of pyridine rings is 1. The zero-order valence-corrected chi connectivity index (χ0v) is 11.1. The monoisotopic (exact) mass is 293 g/mol. The Hall–Kier alpha value is -2.01. The lowest BCUT2D eigenvalue weighted by molar-refractivity contribution is 0.577. The van der Waals surface area contributed by atoms with Gasteiger partial charge in [0.15, 0.2) is 5.65 Å². The van der Waals surface area contributed by atoms with Gasteiger partial charge in [-0.1, -0.05) is 0 Å². The highest BCUT2D eigenvalue weighted by Gasteiger charge is 2.16. The molecule has 3 aromatic rings. The predicted octanol–water partition coefficient (Wildman–Crippen LogP) is 3.48. The maximum atomic E-state index is 14.0. The molecule has 0 radical (unpaired) electrons. The molecule has 2 heterocycles. The van der Waals surface area contributed by atoms with Crippen LogP contribution in [0.3, 0.4) is 0 Å². The first-order chi connectivity index (χ1) is 9.70. The van der Waals surface area contributed by atoms with Crippen molar-refractivity contribution in [2.24, 2.45) is 0 Å². The summed E-state index contributed by atoms with van der Waals surface area (Å²) in [5, 5.41) is 0. The van der Waals surface area contributed by atoms with E-state index < -0.39 is 11.6 Å². The van der Waals surface area contributed by atoms with Gasteiger partial charge in [0, 0.05) is 24.6 Å². The van der Waals surface area contributed by atoms with Gasteiger partial charge < -0.3 is 0 Å². The van der Waals surface area contributed by atoms with Crippen LogP contribution in [0.15, 0.2) is 36.5 Å². The molecule has 0 aliphatic carbocycles. The molecule has 102 valence electrons. The second-order valence-corrected chi connectivity index (χ2v) is 4.62. The summed E-state index contributed by atoms with van der Waals surface area (Å²) in [6.07, 6.45) is 2.07. The number of rotatable bonds is 3. The van der Waals surface area contributed by atoms with Crippen LogP contribution in [0.1, 0.15) is 5.82 Å². The van der Waals surface area contributed by atoms with Crippen molar-refractivity contribution in [3.8, 4) is 5.69 Å². The third kappa shape index (κ3) is 2.14. The molecule has 0 unspecified atom stereocenters. The predicted molar refractivity (Wildman–Crippen MR) is 73.2 cm³/mol. The van der Waals surface area contributed by atoms with Crippen LogP contribution in [0.5, 0.6) is 0 Å². The van der Waals surface area contributed by atoms with E-state index in [0.29, 0.717) is 29.3 Å². The molecule has 1 aromatic carbocycles. The summed E-state index contributed by atoms with van der Waals surface area (Å²) in [6, 6.07) is 6.97. The number of hydrogen-bond acceptors (Lipinski definition) is 2. The van der Waals surface area contributed by atoms with Crippen molar-refractivity contribution in [1.82, 2.24) is 14.5 Å². The molecule has 0 aliphatic heterocycles. The quantitative estimate of drug-likeness (QED) is 0.692. The normalized spacial score (nSPS) is 11.2. The molecule has 0 spiro atoms. The second-order valence-electron chi connectivity index (χ2n) is 4.24. The molecule has 0 fully saturated rings. The molecular formula is C14H10ClF2N3. The lowest BCUT2D eigenvalue weighted by atomic mass is 10.3. The van der Waals surface area contributed by atoms with E-state index in [1.54, 1.807) is 22.9 Å². The minimum atomic E-state index is -0.661. The molecule has 0 N–H and O–H groups in total. The van der Waals surface area contributed by atoms with E-state index in [-0.39, 0.29) is 5.69 Å². The van der Waals surface area contributed by atoms with E-state index in [0.717, 1.165) is 6.07 Å². The topological polar surface area (TPSA) is 30.7 Å². The van der Waals surface area contributed by atoms with Crippen molar-refractivity contribution >= 4 is 22.8 Å². The third-order valence-corrected chi connectivity index (χ3v) is 3.14. The molecule has 20 heavy (non-hydrogen) atoms. The van der Waals surface area contributed by atoms with E-state index in [4.69, 9.17) is 11.6 Å². The maximum absolute atomic E-state index is 14.0. The van der Waals surface area contributed by atoms with Gasteiger partial charge in [-0.2, -0.15) is 0 Å². The Bertz CT molecular complexity index is 770. The molecule has 0 aliphatic rings. The molecule has 6 heteroatoms. The summed E-state index contributed by atoms with van der Waals surface area (Å²) in [4.78, 5) is 8.62. The number of benzene rings is 1. The van der Waals surface area contributed by atoms with Gasteiger partial charge in [0.25, 0.3) is 0 Å². The van der Waals surface area contributed by atoms with Crippen LogP contribution in [-0.4, -0.2) is 20.4 Å². The van der Waals surface area contributed by atoms with Crippen LogP contribution in [0, 0.1) is 11.6 Å².